The molecule has 2 N–H and O–H groups in total. The smallest absolute Gasteiger partial charge is 0.261 e. The highest BCUT2D eigenvalue weighted by molar-refractivity contribution is 6.06. The number of nitrogens with zero attached hydrogens (tertiary/aromatic N) is 1. The van der Waals surface area contributed by atoms with Crippen LogP contribution in [0.3, 0.4) is 0 Å². The molecule has 1 amide bonds. The van der Waals surface area contributed by atoms with Gasteiger partial charge in [-0.2, -0.15) is 0 Å². The third kappa shape index (κ3) is 2.63. The van der Waals surface area contributed by atoms with Crippen molar-refractivity contribution in [3.8, 4) is 17.2 Å². The van der Waals surface area contributed by atoms with E-state index in [0.29, 0.717) is 34.6 Å². The van der Waals surface area contributed by atoms with E-state index in [2.05, 4.69) is 5.32 Å². The first-order valence-electron chi connectivity index (χ1n) is 8.14. The number of hydrogen-bond acceptors (Lipinski definition) is 5. The average Bonchev–Trinajstić information content (AvgIpc) is 3.08. The standard InChI is InChI=1S/C19H16N2O5/c1-2-21-9-14(19(24)20-11-4-3-5-12(22)6-11)18(23)13-7-16-17(8-15(13)21)26-10-25-16/h3-9,22H,2,10H2,1H3,(H,20,24). The van der Waals surface area contributed by atoms with Gasteiger partial charge in [0.1, 0.15) is 11.3 Å². The zero-order valence-electron chi connectivity index (χ0n) is 14.0. The monoisotopic (exact) mass is 352 g/mol. The Kier molecular flexibility index (Phi) is 3.76. The normalized spacial score (nSPS) is 12.3. The molecule has 0 radical (unpaired) electrons. The lowest BCUT2D eigenvalue weighted by atomic mass is 10.1. The summed E-state index contributed by atoms with van der Waals surface area (Å²) < 4.78 is 12.5. The summed E-state index contributed by atoms with van der Waals surface area (Å²) in [6.45, 7) is 2.60. The van der Waals surface area contributed by atoms with Crippen molar-refractivity contribution in [1.82, 2.24) is 4.57 Å². The maximum Gasteiger partial charge on any atom is 0.261 e. The fourth-order valence-corrected chi connectivity index (χ4v) is 2.99. The molecule has 1 aliphatic heterocycles. The third-order valence-corrected chi connectivity index (χ3v) is 4.26. The van der Waals surface area contributed by atoms with E-state index < -0.39 is 5.91 Å². The number of carbonyl (C=O) groups is 1. The highest BCUT2D eigenvalue weighted by atomic mass is 16.7. The summed E-state index contributed by atoms with van der Waals surface area (Å²) in [5.41, 5.74) is 0.709. The van der Waals surface area contributed by atoms with Crippen molar-refractivity contribution in [3.63, 3.8) is 0 Å². The van der Waals surface area contributed by atoms with Crippen molar-refractivity contribution in [2.45, 2.75) is 13.5 Å². The molecule has 0 fully saturated rings. The number of amides is 1. The van der Waals surface area contributed by atoms with Gasteiger partial charge in [0.15, 0.2) is 11.5 Å². The molecule has 7 nitrogen and oxygen atoms in total. The molecule has 0 aliphatic carbocycles. The summed E-state index contributed by atoms with van der Waals surface area (Å²) in [5, 5.41) is 12.5. The molecule has 0 unspecified atom stereocenters. The summed E-state index contributed by atoms with van der Waals surface area (Å²) >= 11 is 0. The molecule has 0 spiro atoms. The van der Waals surface area contributed by atoms with Gasteiger partial charge in [0.05, 0.1) is 10.9 Å². The number of nitrogens with one attached hydrogen (secondary N) is 1. The quantitative estimate of drug-likeness (QED) is 0.756. The second-order valence-electron chi connectivity index (χ2n) is 5.88. The maximum atomic E-state index is 12.9. The Balaban J connectivity index is 1.82. The minimum absolute atomic E-state index is 0.0153. The van der Waals surface area contributed by atoms with Gasteiger partial charge in [0.2, 0.25) is 12.2 Å². The number of carbonyl (C=O) groups excluding carboxylic acids is 1. The average molecular weight is 352 g/mol. The Labute approximate surface area is 148 Å². The molecule has 0 bridgehead atoms. The largest absolute Gasteiger partial charge is 0.508 e. The number of aromatic hydroxyl groups is 1. The number of fused-ring (bicyclic) bond motifs is 2. The molecule has 26 heavy (non-hydrogen) atoms. The van der Waals surface area contributed by atoms with Crippen LogP contribution in [-0.4, -0.2) is 22.4 Å². The second kappa shape index (κ2) is 6.11. The fraction of sp³-hybridized carbons (Fsp3) is 0.158. The predicted octanol–water partition coefficient (Wildman–Crippen LogP) is 2.71. The zero-order chi connectivity index (χ0) is 18.3. The number of anilines is 1. The van der Waals surface area contributed by atoms with Crippen molar-refractivity contribution in [2.75, 3.05) is 12.1 Å². The summed E-state index contributed by atoms with van der Waals surface area (Å²) in [6.07, 6.45) is 1.53. The summed E-state index contributed by atoms with van der Waals surface area (Å²) in [6, 6.07) is 9.51. The van der Waals surface area contributed by atoms with Crippen LogP contribution in [0.4, 0.5) is 5.69 Å². The van der Waals surface area contributed by atoms with Crippen LogP contribution in [0.25, 0.3) is 10.9 Å². The summed E-state index contributed by atoms with van der Waals surface area (Å²) in [4.78, 5) is 25.5. The molecule has 1 aromatic heterocycles. The Morgan fingerprint density at radius 1 is 1.23 bits per heavy atom. The lowest BCUT2D eigenvalue weighted by molar-refractivity contribution is 0.102. The Morgan fingerprint density at radius 2 is 2.00 bits per heavy atom. The van der Waals surface area contributed by atoms with Crippen LogP contribution >= 0.6 is 0 Å². The molecule has 3 aromatic rings. The summed E-state index contributed by atoms with van der Waals surface area (Å²) in [7, 11) is 0. The van der Waals surface area contributed by atoms with Crippen LogP contribution in [0.1, 0.15) is 17.3 Å². The number of hydrogen-bond donors (Lipinski definition) is 2. The van der Waals surface area contributed by atoms with Crippen molar-refractivity contribution in [1.29, 1.82) is 0 Å². The molecular formula is C19H16N2O5. The SMILES string of the molecule is CCn1cc(C(=O)Nc2cccc(O)c2)c(=O)c2cc3c(cc21)OCO3. The van der Waals surface area contributed by atoms with Gasteiger partial charge >= 0.3 is 0 Å². The number of aromatic nitrogens is 1. The minimum Gasteiger partial charge on any atom is -0.508 e. The number of pyridine rings is 1. The van der Waals surface area contributed by atoms with E-state index in [1.807, 2.05) is 11.5 Å². The first-order valence-corrected chi connectivity index (χ1v) is 8.14. The van der Waals surface area contributed by atoms with Crippen LogP contribution in [0, 0.1) is 0 Å². The van der Waals surface area contributed by atoms with E-state index in [-0.39, 0.29) is 23.5 Å². The van der Waals surface area contributed by atoms with Gasteiger partial charge < -0.3 is 24.5 Å². The molecule has 2 aromatic carbocycles. The van der Waals surface area contributed by atoms with Crippen LogP contribution in [0.15, 0.2) is 47.4 Å². The Bertz CT molecular complexity index is 1090. The molecule has 132 valence electrons. The number of phenols is 1. The molecule has 7 heteroatoms. The van der Waals surface area contributed by atoms with Crippen molar-refractivity contribution in [2.24, 2.45) is 0 Å². The van der Waals surface area contributed by atoms with E-state index in [0.717, 1.165) is 0 Å². The van der Waals surface area contributed by atoms with Crippen molar-refractivity contribution >= 4 is 22.5 Å². The van der Waals surface area contributed by atoms with E-state index in [9.17, 15) is 14.7 Å². The molecular weight excluding hydrogens is 336 g/mol. The highest BCUT2D eigenvalue weighted by Crippen LogP contribution is 2.35. The Morgan fingerprint density at radius 3 is 2.73 bits per heavy atom. The summed E-state index contributed by atoms with van der Waals surface area (Å²) in [5.74, 6) is 0.557. The lowest BCUT2D eigenvalue weighted by Crippen LogP contribution is -2.23. The van der Waals surface area contributed by atoms with E-state index in [4.69, 9.17) is 9.47 Å². The molecule has 1 aliphatic rings. The molecule has 0 saturated heterocycles. The van der Waals surface area contributed by atoms with Crippen LogP contribution in [0.5, 0.6) is 17.2 Å². The van der Waals surface area contributed by atoms with Crippen LogP contribution < -0.4 is 20.2 Å². The van der Waals surface area contributed by atoms with E-state index in [1.165, 1.54) is 18.3 Å². The highest BCUT2D eigenvalue weighted by Gasteiger charge is 2.20. The van der Waals surface area contributed by atoms with Gasteiger partial charge in [0, 0.05) is 30.6 Å². The van der Waals surface area contributed by atoms with Gasteiger partial charge in [-0.25, -0.2) is 0 Å². The first kappa shape index (κ1) is 16.0. The number of ether oxygens (including phenoxy) is 2. The first-order chi connectivity index (χ1) is 12.6. The molecule has 2 heterocycles. The Hall–Kier alpha value is -3.48. The van der Waals surface area contributed by atoms with Gasteiger partial charge in [-0.15, -0.1) is 0 Å². The predicted molar refractivity (Wildman–Crippen MR) is 96.1 cm³/mol. The molecule has 0 atom stereocenters. The van der Waals surface area contributed by atoms with Gasteiger partial charge in [-0.05, 0) is 25.1 Å². The van der Waals surface area contributed by atoms with Gasteiger partial charge in [-0.1, -0.05) is 6.07 Å². The van der Waals surface area contributed by atoms with Crippen molar-refractivity contribution in [3.05, 3.63) is 58.4 Å². The molecule has 4 rings (SSSR count). The second-order valence-corrected chi connectivity index (χ2v) is 5.88. The van der Waals surface area contributed by atoms with Crippen molar-refractivity contribution < 1.29 is 19.4 Å². The van der Waals surface area contributed by atoms with Crippen LogP contribution in [0.2, 0.25) is 0 Å². The zero-order valence-corrected chi connectivity index (χ0v) is 14.0. The molecule has 0 saturated carbocycles. The number of benzene rings is 2. The third-order valence-electron chi connectivity index (χ3n) is 4.26. The van der Waals surface area contributed by atoms with E-state index >= 15 is 0 Å². The van der Waals surface area contributed by atoms with Gasteiger partial charge in [-0.3, -0.25) is 9.59 Å². The van der Waals surface area contributed by atoms with Crippen LogP contribution in [-0.2, 0) is 6.54 Å². The lowest BCUT2D eigenvalue weighted by Gasteiger charge is -2.12. The fourth-order valence-electron chi connectivity index (χ4n) is 2.99. The van der Waals surface area contributed by atoms with E-state index in [1.54, 1.807) is 24.3 Å². The van der Waals surface area contributed by atoms with Gasteiger partial charge in [0.25, 0.3) is 5.91 Å². The topological polar surface area (TPSA) is 89.8 Å². The minimum atomic E-state index is -0.539. The number of phenolic OH excluding ortho intramolecular Hbond substituents is 1. The maximum absolute atomic E-state index is 12.9. The number of aryl methyl sites for hydroxylation is 1. The number of rotatable bonds is 3.